The fourth-order valence-corrected chi connectivity index (χ4v) is 4.10. The molecule has 1 amide bonds. The van der Waals surface area contributed by atoms with Crippen LogP contribution in [0.3, 0.4) is 0 Å². The van der Waals surface area contributed by atoms with Crippen LogP contribution >= 0.6 is 0 Å². The van der Waals surface area contributed by atoms with Crippen LogP contribution in [-0.2, 0) is 13.6 Å². The highest BCUT2D eigenvalue weighted by atomic mass is 16.1. The molecule has 4 rings (SSSR count). The van der Waals surface area contributed by atoms with E-state index in [1.807, 2.05) is 20.0 Å². The normalized spacial score (nSPS) is 20.4. The van der Waals surface area contributed by atoms with Crippen molar-refractivity contribution >= 4 is 16.9 Å². The minimum atomic E-state index is -0.0304. The standard InChI is InChI=1S/C22H27N5O/c1-15-11-19(20-13-23-26(3)21(20)24-15)22(28)25-18-9-10-27(16(2)12-18)14-17-7-5-4-6-8-17/h4-8,11,13,16,18H,9-10,12,14H2,1-3H3,(H,25,28)/t16-,18-/m1/s1. The average molecular weight is 377 g/mol. The Labute approximate surface area is 165 Å². The van der Waals surface area contributed by atoms with Crippen LogP contribution in [0.4, 0.5) is 0 Å². The lowest BCUT2D eigenvalue weighted by atomic mass is 9.97. The smallest absolute Gasteiger partial charge is 0.252 e. The van der Waals surface area contributed by atoms with Crippen LogP contribution in [0, 0.1) is 6.92 Å². The molecule has 6 heteroatoms. The first-order valence-corrected chi connectivity index (χ1v) is 9.89. The van der Waals surface area contributed by atoms with Crippen molar-refractivity contribution in [3.63, 3.8) is 0 Å². The van der Waals surface area contributed by atoms with Crippen molar-refractivity contribution in [1.82, 2.24) is 25.0 Å². The van der Waals surface area contributed by atoms with Gasteiger partial charge in [-0.25, -0.2) is 4.98 Å². The second-order valence-electron chi connectivity index (χ2n) is 7.82. The van der Waals surface area contributed by atoms with Crippen LogP contribution in [0.2, 0.25) is 0 Å². The fourth-order valence-electron chi connectivity index (χ4n) is 4.10. The molecule has 146 valence electrons. The van der Waals surface area contributed by atoms with Gasteiger partial charge in [0.25, 0.3) is 5.91 Å². The van der Waals surface area contributed by atoms with Gasteiger partial charge in [-0.1, -0.05) is 30.3 Å². The predicted molar refractivity (Wildman–Crippen MR) is 110 cm³/mol. The highest BCUT2D eigenvalue weighted by molar-refractivity contribution is 6.05. The molecule has 0 bridgehead atoms. The summed E-state index contributed by atoms with van der Waals surface area (Å²) in [5.41, 5.74) is 3.57. The molecular formula is C22H27N5O. The first-order chi connectivity index (χ1) is 13.5. The quantitative estimate of drug-likeness (QED) is 0.759. The molecule has 0 saturated carbocycles. The van der Waals surface area contributed by atoms with Crippen molar-refractivity contribution in [2.75, 3.05) is 6.54 Å². The third-order valence-corrected chi connectivity index (χ3v) is 5.66. The lowest BCUT2D eigenvalue weighted by molar-refractivity contribution is 0.0868. The van der Waals surface area contributed by atoms with E-state index in [-0.39, 0.29) is 11.9 Å². The molecule has 0 spiro atoms. The number of amides is 1. The molecule has 0 unspecified atom stereocenters. The molecular weight excluding hydrogens is 350 g/mol. The Morgan fingerprint density at radius 2 is 2.07 bits per heavy atom. The number of carbonyl (C=O) groups excluding carboxylic acids is 1. The second-order valence-corrected chi connectivity index (χ2v) is 7.82. The van der Waals surface area contributed by atoms with Gasteiger partial charge in [0.2, 0.25) is 0 Å². The van der Waals surface area contributed by atoms with Crippen LogP contribution in [0.15, 0.2) is 42.6 Å². The van der Waals surface area contributed by atoms with Crippen molar-refractivity contribution in [3.8, 4) is 0 Å². The first-order valence-electron chi connectivity index (χ1n) is 9.89. The molecule has 1 N–H and O–H groups in total. The van der Waals surface area contributed by atoms with Gasteiger partial charge >= 0.3 is 0 Å². The zero-order valence-electron chi connectivity index (χ0n) is 16.7. The molecule has 3 heterocycles. The third kappa shape index (κ3) is 3.78. The minimum absolute atomic E-state index is 0.0304. The first kappa shape index (κ1) is 18.6. The molecule has 1 saturated heterocycles. The molecule has 28 heavy (non-hydrogen) atoms. The predicted octanol–water partition coefficient (Wildman–Crippen LogP) is 3.06. The number of nitrogens with one attached hydrogen (secondary N) is 1. The van der Waals surface area contributed by atoms with Crippen LogP contribution in [0.1, 0.15) is 41.4 Å². The molecule has 1 aliphatic heterocycles. The largest absolute Gasteiger partial charge is 0.349 e. The van der Waals surface area contributed by atoms with Crippen molar-refractivity contribution in [2.45, 2.75) is 45.3 Å². The van der Waals surface area contributed by atoms with E-state index in [1.165, 1.54) is 5.56 Å². The Kier molecular flexibility index (Phi) is 5.13. The highest BCUT2D eigenvalue weighted by Gasteiger charge is 2.27. The number of piperidine rings is 1. The zero-order valence-corrected chi connectivity index (χ0v) is 16.7. The SMILES string of the molecule is Cc1cc(C(=O)N[C@@H]2CCN(Cc3ccccc3)[C@H](C)C2)c2cnn(C)c2n1. The number of nitrogens with zero attached hydrogens (tertiary/aromatic N) is 4. The van der Waals surface area contributed by atoms with Crippen molar-refractivity contribution in [3.05, 3.63) is 59.4 Å². The van der Waals surface area contributed by atoms with Gasteiger partial charge in [0.15, 0.2) is 5.65 Å². The van der Waals surface area contributed by atoms with Crippen molar-refractivity contribution < 1.29 is 4.79 Å². The molecule has 3 aromatic rings. The summed E-state index contributed by atoms with van der Waals surface area (Å²) in [5.74, 6) is -0.0304. The van der Waals surface area contributed by atoms with E-state index < -0.39 is 0 Å². The van der Waals surface area contributed by atoms with Gasteiger partial charge < -0.3 is 5.32 Å². The van der Waals surface area contributed by atoms with E-state index in [1.54, 1.807) is 10.9 Å². The number of pyridine rings is 1. The van der Waals surface area contributed by atoms with Crippen LogP contribution in [0.25, 0.3) is 11.0 Å². The van der Waals surface area contributed by atoms with Gasteiger partial charge in [0.1, 0.15) is 0 Å². The zero-order chi connectivity index (χ0) is 19.7. The van der Waals surface area contributed by atoms with Crippen molar-refractivity contribution in [1.29, 1.82) is 0 Å². The maximum atomic E-state index is 13.0. The van der Waals surface area contributed by atoms with Gasteiger partial charge in [-0.05, 0) is 38.3 Å². The highest BCUT2D eigenvalue weighted by Crippen LogP contribution is 2.22. The molecule has 0 radical (unpaired) electrons. The van der Waals surface area contributed by atoms with E-state index in [0.29, 0.717) is 11.6 Å². The van der Waals surface area contributed by atoms with E-state index in [4.69, 9.17) is 0 Å². The number of likely N-dealkylation sites (tertiary alicyclic amines) is 1. The molecule has 2 atom stereocenters. The Balaban J connectivity index is 1.43. The molecule has 1 aromatic carbocycles. The summed E-state index contributed by atoms with van der Waals surface area (Å²) in [5, 5.41) is 8.31. The molecule has 1 aliphatic rings. The summed E-state index contributed by atoms with van der Waals surface area (Å²) in [7, 11) is 1.85. The Hall–Kier alpha value is -2.73. The number of carbonyl (C=O) groups is 1. The number of fused-ring (bicyclic) bond motifs is 1. The Morgan fingerprint density at radius 3 is 2.82 bits per heavy atom. The molecule has 1 fully saturated rings. The summed E-state index contributed by atoms with van der Waals surface area (Å²) in [6, 6.07) is 13.0. The van der Waals surface area contributed by atoms with Gasteiger partial charge in [0, 0.05) is 37.9 Å². The van der Waals surface area contributed by atoms with Crippen LogP contribution < -0.4 is 5.32 Å². The number of hydrogen-bond acceptors (Lipinski definition) is 4. The number of benzene rings is 1. The van der Waals surface area contributed by atoms with Gasteiger partial charge in [0.05, 0.1) is 17.1 Å². The number of rotatable bonds is 4. The van der Waals surface area contributed by atoms with Gasteiger partial charge in [-0.15, -0.1) is 0 Å². The minimum Gasteiger partial charge on any atom is -0.349 e. The van der Waals surface area contributed by atoms with Crippen molar-refractivity contribution in [2.24, 2.45) is 7.05 Å². The monoisotopic (exact) mass is 377 g/mol. The summed E-state index contributed by atoms with van der Waals surface area (Å²) in [4.78, 5) is 20.0. The summed E-state index contributed by atoms with van der Waals surface area (Å²) >= 11 is 0. The average Bonchev–Trinajstić information content (AvgIpc) is 3.05. The summed E-state index contributed by atoms with van der Waals surface area (Å²) < 4.78 is 1.71. The van der Waals surface area contributed by atoms with E-state index in [2.05, 4.69) is 57.6 Å². The number of aromatic nitrogens is 3. The molecule has 6 nitrogen and oxygen atoms in total. The maximum Gasteiger partial charge on any atom is 0.252 e. The number of hydrogen-bond donors (Lipinski definition) is 1. The van der Waals surface area contributed by atoms with E-state index in [9.17, 15) is 4.79 Å². The lowest BCUT2D eigenvalue weighted by Gasteiger charge is -2.38. The Bertz CT molecular complexity index is 981. The third-order valence-electron chi connectivity index (χ3n) is 5.66. The summed E-state index contributed by atoms with van der Waals surface area (Å²) in [6.45, 7) is 6.10. The van der Waals surface area contributed by atoms with E-state index >= 15 is 0 Å². The van der Waals surface area contributed by atoms with Gasteiger partial charge in [-0.2, -0.15) is 5.10 Å². The Morgan fingerprint density at radius 1 is 1.29 bits per heavy atom. The molecule has 0 aliphatic carbocycles. The lowest BCUT2D eigenvalue weighted by Crippen LogP contribution is -2.48. The molecule has 2 aromatic heterocycles. The number of aryl methyl sites for hydroxylation is 2. The summed E-state index contributed by atoms with van der Waals surface area (Å²) in [6.07, 6.45) is 3.64. The topological polar surface area (TPSA) is 63.1 Å². The van der Waals surface area contributed by atoms with Gasteiger partial charge in [-0.3, -0.25) is 14.4 Å². The fraction of sp³-hybridized carbons (Fsp3) is 0.409. The van der Waals surface area contributed by atoms with E-state index in [0.717, 1.165) is 42.7 Å². The maximum absolute atomic E-state index is 13.0. The van der Waals surface area contributed by atoms with Crippen LogP contribution in [-0.4, -0.2) is 44.2 Å². The second kappa shape index (κ2) is 7.72. The van der Waals surface area contributed by atoms with Crippen LogP contribution in [0.5, 0.6) is 0 Å².